The van der Waals surface area contributed by atoms with Crippen molar-refractivity contribution in [3.05, 3.63) is 35.6 Å². The van der Waals surface area contributed by atoms with Crippen molar-refractivity contribution < 1.29 is 42.0 Å². The number of carbonyl (C=O) groups excluding carboxylic acids is 2. The highest BCUT2D eigenvalue weighted by Gasteiger charge is 2.55. The van der Waals surface area contributed by atoms with E-state index in [9.17, 15) is 32.5 Å². The smallest absolute Gasteiger partial charge is 0.350 e. The molecule has 43 heavy (non-hydrogen) atoms. The number of thiazole rings is 1. The number of aromatic nitrogens is 7. The number of carbonyl (C=O) groups is 3. The van der Waals surface area contributed by atoms with Gasteiger partial charge >= 0.3 is 12.3 Å². The molecule has 0 aromatic carbocycles. The van der Waals surface area contributed by atoms with Crippen LogP contribution in [0.15, 0.2) is 29.4 Å². The number of Topliss-reactive ketones (excluding diaryl/α,β-unsaturated/α-hetero) is 1. The van der Waals surface area contributed by atoms with Gasteiger partial charge in [-0.1, -0.05) is 5.16 Å². The van der Waals surface area contributed by atoms with Crippen LogP contribution in [0.2, 0.25) is 0 Å². The summed E-state index contributed by atoms with van der Waals surface area (Å²) in [5, 5.41) is 23.5. The van der Waals surface area contributed by atoms with Gasteiger partial charge in [-0.3, -0.25) is 9.59 Å². The van der Waals surface area contributed by atoms with Crippen molar-refractivity contribution in [2.24, 2.45) is 11.1 Å². The standard InChI is InChI=1S/C22H24N10O8S3/c23-21-26-15(9-42-21)18(28-40-22(1-2-22)20(35)36)17(33)3-14-16(32(19(14)34)43(37,38)39)7-31-25-4-12(27-31)8-41-13-5-29-10-24-11-30(29)6-13/h4,9-11,13-14,16H,1-3,5-8H2,(H3-,23,26,35,36,37,38,39)/b28-18-/t14-,16+/m0/s1. The summed E-state index contributed by atoms with van der Waals surface area (Å²) in [4.78, 5) is 52.1. The second-order valence-electron chi connectivity index (χ2n) is 10.2. The molecule has 1 saturated carbocycles. The Bertz CT molecular complexity index is 1710. The molecule has 5 heterocycles. The molecular weight excluding hydrogens is 629 g/mol. The first-order valence-electron chi connectivity index (χ1n) is 12.9. The molecule has 21 heteroatoms. The van der Waals surface area contributed by atoms with E-state index in [1.54, 1.807) is 24.4 Å². The molecule has 0 bridgehead atoms. The van der Waals surface area contributed by atoms with Crippen molar-refractivity contribution >= 4 is 61.9 Å². The molecule has 0 unspecified atom stereocenters. The van der Waals surface area contributed by atoms with Crippen molar-refractivity contribution in [2.75, 3.05) is 5.73 Å². The largest absolute Gasteiger partial charge is 0.731 e. The van der Waals surface area contributed by atoms with Crippen molar-refractivity contribution in [3.8, 4) is 0 Å². The number of amides is 1. The number of anilines is 1. The van der Waals surface area contributed by atoms with Crippen LogP contribution in [0, 0.1) is 5.92 Å². The number of nitrogen functional groups attached to an aromatic ring is 1. The van der Waals surface area contributed by atoms with E-state index < -0.39 is 51.9 Å². The molecule has 228 valence electrons. The number of β-lactam (4-membered cyclic amide) rings is 1. The zero-order chi connectivity index (χ0) is 30.5. The topological polar surface area (TPSA) is 245 Å². The van der Waals surface area contributed by atoms with Gasteiger partial charge < -0.3 is 20.2 Å². The molecule has 3 N–H and O–H groups in total. The van der Waals surface area contributed by atoms with Crippen LogP contribution in [-0.2, 0) is 54.9 Å². The Hall–Kier alpha value is -3.95. The lowest BCUT2D eigenvalue weighted by molar-refractivity contribution is -0.758. The Labute approximate surface area is 251 Å². The Balaban J connectivity index is 1.15. The zero-order valence-electron chi connectivity index (χ0n) is 22.1. The number of rotatable bonds is 13. The molecule has 18 nitrogen and oxygen atoms in total. The molecule has 1 aliphatic carbocycles. The van der Waals surface area contributed by atoms with Crippen LogP contribution in [0.4, 0.5) is 5.13 Å². The van der Waals surface area contributed by atoms with Gasteiger partial charge in [-0.05, 0) is 4.98 Å². The molecule has 2 aliphatic heterocycles. The predicted octanol–water partition coefficient (Wildman–Crippen LogP) is -1.60. The van der Waals surface area contributed by atoms with Gasteiger partial charge in [0, 0.05) is 30.4 Å². The fraction of sp³-hybridized carbons (Fsp3) is 0.500. The van der Waals surface area contributed by atoms with Crippen LogP contribution >= 0.6 is 23.1 Å². The van der Waals surface area contributed by atoms with E-state index in [1.165, 1.54) is 16.4 Å². The average Bonchev–Trinajstić information content (AvgIpc) is 3.31. The van der Waals surface area contributed by atoms with Gasteiger partial charge in [0.25, 0.3) is 0 Å². The first-order chi connectivity index (χ1) is 20.4. The van der Waals surface area contributed by atoms with E-state index in [1.807, 2.05) is 9.36 Å². The van der Waals surface area contributed by atoms with Gasteiger partial charge in [-0.15, -0.1) is 23.1 Å². The normalized spacial score (nSPS) is 22.7. The van der Waals surface area contributed by atoms with Gasteiger partial charge in [0.05, 0.1) is 42.2 Å². The number of thioether (sulfide) groups is 1. The Morgan fingerprint density at radius 2 is 2.16 bits per heavy atom. The Morgan fingerprint density at radius 1 is 1.37 bits per heavy atom. The minimum atomic E-state index is -5.20. The summed E-state index contributed by atoms with van der Waals surface area (Å²) >= 11 is 2.67. The second-order valence-corrected chi connectivity index (χ2v) is 13.7. The van der Waals surface area contributed by atoms with E-state index in [0.29, 0.717) is 16.7 Å². The molecule has 6 rings (SSSR count). The number of carboxylic acid groups (broad SMARTS) is 1. The lowest BCUT2D eigenvalue weighted by atomic mass is 9.84. The molecule has 0 spiro atoms. The second kappa shape index (κ2) is 11.0. The van der Waals surface area contributed by atoms with E-state index in [0.717, 1.165) is 24.4 Å². The number of nitrogens with zero attached hydrogens (tertiary/aromatic N) is 9. The quantitative estimate of drug-likeness (QED) is 0.0694. The summed E-state index contributed by atoms with van der Waals surface area (Å²) in [6, 6.07) is -1.24. The van der Waals surface area contributed by atoms with Crippen molar-refractivity contribution in [1.29, 1.82) is 0 Å². The van der Waals surface area contributed by atoms with Crippen LogP contribution in [0.25, 0.3) is 0 Å². The highest BCUT2D eigenvalue weighted by Crippen LogP contribution is 2.40. The number of nitrogens with two attached hydrogens (primary N) is 1. The minimum absolute atomic E-state index is 0.00543. The van der Waals surface area contributed by atoms with E-state index in [-0.39, 0.29) is 40.2 Å². The molecule has 3 aromatic heterocycles. The number of hydrogen-bond acceptors (Lipinski definition) is 15. The molecular formula is C22H24N10O8S3. The van der Waals surface area contributed by atoms with Crippen LogP contribution < -0.4 is 10.4 Å². The number of aliphatic carboxylic acids is 1. The number of ketones is 1. The highest BCUT2D eigenvalue weighted by molar-refractivity contribution is 7.99. The minimum Gasteiger partial charge on any atom is -0.731 e. The fourth-order valence-electron chi connectivity index (χ4n) is 4.86. The van der Waals surface area contributed by atoms with Gasteiger partial charge in [0.1, 0.15) is 12.2 Å². The maximum atomic E-state index is 13.4. The lowest BCUT2D eigenvalue weighted by Gasteiger charge is -2.46. The molecule has 1 saturated heterocycles. The van der Waals surface area contributed by atoms with Crippen molar-refractivity contribution in [3.63, 3.8) is 0 Å². The SMILES string of the molecule is Nc1nc(/C(=N/OC2(C(=O)O)CC2)C(=O)C[C@@H]2C(=O)N(S(=O)(=O)[O-])[C@@H]2Cn2ncc(CSC3Cn4cnc[n+]4C3)n2)cs1. The van der Waals surface area contributed by atoms with Crippen LogP contribution in [-0.4, -0.2) is 92.3 Å². The number of carboxylic acids is 1. The average molecular weight is 653 g/mol. The number of hydrogen-bond donors (Lipinski definition) is 2. The van der Waals surface area contributed by atoms with Crippen LogP contribution in [0.5, 0.6) is 0 Å². The third kappa shape index (κ3) is 5.84. The van der Waals surface area contributed by atoms with Gasteiger partial charge in [-0.2, -0.15) is 24.4 Å². The summed E-state index contributed by atoms with van der Waals surface area (Å²) in [6.07, 6.45) is 4.83. The first kappa shape index (κ1) is 29.1. The monoisotopic (exact) mass is 652 g/mol. The molecule has 2 atom stereocenters. The summed E-state index contributed by atoms with van der Waals surface area (Å²) < 4.78 is 39.9. The third-order valence-electron chi connectivity index (χ3n) is 7.29. The van der Waals surface area contributed by atoms with E-state index in [4.69, 9.17) is 10.6 Å². The van der Waals surface area contributed by atoms with Crippen LogP contribution in [0.3, 0.4) is 0 Å². The molecule has 3 aromatic rings. The molecule has 0 radical (unpaired) electrons. The fourth-order valence-corrected chi connectivity index (χ4v) is 7.36. The predicted molar refractivity (Wildman–Crippen MR) is 145 cm³/mol. The lowest BCUT2D eigenvalue weighted by Crippen LogP contribution is -2.64. The summed E-state index contributed by atoms with van der Waals surface area (Å²) in [5.41, 5.74) is 4.37. The number of oxime groups is 1. The van der Waals surface area contributed by atoms with Crippen LogP contribution in [0.1, 0.15) is 30.7 Å². The summed E-state index contributed by atoms with van der Waals surface area (Å²) in [5.74, 6) is -3.79. The van der Waals surface area contributed by atoms with E-state index in [2.05, 4.69) is 25.3 Å². The maximum absolute atomic E-state index is 13.4. The van der Waals surface area contributed by atoms with Gasteiger partial charge in [0.15, 0.2) is 26.9 Å². The number of fused-ring (bicyclic) bond motifs is 1. The van der Waals surface area contributed by atoms with Gasteiger partial charge in [0.2, 0.25) is 17.8 Å². The van der Waals surface area contributed by atoms with E-state index >= 15 is 0 Å². The zero-order valence-corrected chi connectivity index (χ0v) is 24.6. The summed E-state index contributed by atoms with van der Waals surface area (Å²) in [7, 11) is -5.20. The Morgan fingerprint density at radius 3 is 2.81 bits per heavy atom. The highest BCUT2D eigenvalue weighted by atomic mass is 32.2. The maximum Gasteiger partial charge on any atom is 0.350 e. The summed E-state index contributed by atoms with van der Waals surface area (Å²) in [6.45, 7) is 1.31. The van der Waals surface area contributed by atoms with Crippen molar-refractivity contribution in [2.45, 2.75) is 61.5 Å². The van der Waals surface area contributed by atoms with Gasteiger partial charge in [-0.25, -0.2) is 22.5 Å². The molecule has 2 fully saturated rings. The third-order valence-corrected chi connectivity index (χ3v) is 10.1. The molecule has 3 aliphatic rings. The molecule has 1 amide bonds. The Kier molecular flexibility index (Phi) is 7.42. The first-order valence-corrected chi connectivity index (χ1v) is 16.2. The van der Waals surface area contributed by atoms with Crippen molar-refractivity contribution in [1.82, 2.24) is 33.9 Å².